The van der Waals surface area contributed by atoms with E-state index in [1.807, 2.05) is 6.08 Å². The summed E-state index contributed by atoms with van der Waals surface area (Å²) in [6.07, 6.45) is 1.15. The summed E-state index contributed by atoms with van der Waals surface area (Å²) < 4.78 is 29.1. The van der Waals surface area contributed by atoms with Crippen molar-refractivity contribution < 1.29 is 48.0 Å². The zero-order valence-electron chi connectivity index (χ0n) is 29.7. The van der Waals surface area contributed by atoms with Gasteiger partial charge < -0.3 is 38.6 Å². The van der Waals surface area contributed by atoms with Crippen molar-refractivity contribution in [1.29, 1.82) is 0 Å². The lowest BCUT2D eigenvalue weighted by Crippen LogP contribution is -2.63. The number of fused-ring (bicyclic) bond motifs is 5. The second-order valence-electron chi connectivity index (χ2n) is 13.2. The molecular formula is C35H47BrClN3O10. The van der Waals surface area contributed by atoms with Gasteiger partial charge >= 0.3 is 12.1 Å². The standard InChI is InChI=1S/C35H47BrClN3O10/c1-9-28(41)39(5)20(3)32(43)49-27-16-29(42)40(6)23-14-22(15-24(46-7)30(23)37)13-21(18-36)11-10-12-26(47-8)35(45)17-25(48-33(44)38-35)19(2)31-34(27,4)50-31/h10-12,14-15,19-20,25-27,31,45H,9,13,16-18H2,1-8H3,(H,38,44)/b12-10+,21-11+. The molecule has 3 heterocycles. The van der Waals surface area contributed by atoms with Crippen LogP contribution in [0.25, 0.3) is 0 Å². The molecule has 50 heavy (non-hydrogen) atoms. The van der Waals surface area contributed by atoms with E-state index in [9.17, 15) is 24.3 Å². The van der Waals surface area contributed by atoms with E-state index < -0.39 is 65.7 Å². The van der Waals surface area contributed by atoms with Gasteiger partial charge in [-0.3, -0.25) is 14.9 Å². The third-order valence-corrected chi connectivity index (χ3v) is 11.0. The number of carbonyl (C=O) groups is 4. The molecule has 4 bridgehead atoms. The molecule has 276 valence electrons. The summed E-state index contributed by atoms with van der Waals surface area (Å²) in [5.74, 6) is -1.56. The first-order valence-electron chi connectivity index (χ1n) is 16.5. The van der Waals surface area contributed by atoms with Gasteiger partial charge in [-0.15, -0.1) is 0 Å². The summed E-state index contributed by atoms with van der Waals surface area (Å²) >= 11 is 10.3. The van der Waals surface area contributed by atoms with Crippen LogP contribution < -0.4 is 15.0 Å². The van der Waals surface area contributed by atoms with Crippen LogP contribution in [-0.2, 0) is 39.8 Å². The fourth-order valence-electron chi connectivity index (χ4n) is 6.47. The number of allylic oxidation sites excluding steroid dienone is 3. The fraction of sp³-hybridized carbons (Fsp3) is 0.600. The third kappa shape index (κ3) is 8.31. The molecule has 1 aromatic carbocycles. The molecule has 0 spiro atoms. The molecule has 8 unspecified atom stereocenters. The minimum atomic E-state index is -1.83. The van der Waals surface area contributed by atoms with Gasteiger partial charge in [-0.1, -0.05) is 65.2 Å². The van der Waals surface area contributed by atoms with Gasteiger partial charge in [-0.25, -0.2) is 9.59 Å². The number of halogens is 2. The number of likely N-dealkylation sites (N-methyl/N-ethyl adjacent to an activating group) is 1. The molecule has 0 radical (unpaired) electrons. The van der Waals surface area contributed by atoms with Gasteiger partial charge in [0, 0.05) is 45.3 Å². The molecule has 0 aromatic heterocycles. The van der Waals surface area contributed by atoms with E-state index in [4.69, 9.17) is 35.3 Å². The van der Waals surface area contributed by atoms with E-state index >= 15 is 0 Å². The number of amides is 3. The number of hydrogen-bond acceptors (Lipinski definition) is 10. The van der Waals surface area contributed by atoms with Crippen LogP contribution in [0.5, 0.6) is 5.75 Å². The van der Waals surface area contributed by atoms with Gasteiger partial charge in [0.05, 0.1) is 25.3 Å². The molecule has 13 nitrogen and oxygen atoms in total. The second kappa shape index (κ2) is 16.0. The Kier molecular flexibility index (Phi) is 12.7. The fourth-order valence-corrected chi connectivity index (χ4v) is 7.17. The van der Waals surface area contributed by atoms with Crippen LogP contribution in [0, 0.1) is 5.92 Å². The van der Waals surface area contributed by atoms with Gasteiger partial charge in [0.15, 0.2) is 5.72 Å². The predicted molar refractivity (Wildman–Crippen MR) is 189 cm³/mol. The number of benzene rings is 1. The lowest BCUT2D eigenvalue weighted by atomic mass is 9.83. The number of carbonyl (C=O) groups excluding carboxylic acids is 4. The van der Waals surface area contributed by atoms with Crippen LogP contribution in [0.15, 0.2) is 35.9 Å². The van der Waals surface area contributed by atoms with Crippen LogP contribution in [0.2, 0.25) is 5.02 Å². The summed E-state index contributed by atoms with van der Waals surface area (Å²) in [6.45, 7) is 6.75. The Morgan fingerprint density at radius 1 is 1.28 bits per heavy atom. The average molecular weight is 785 g/mol. The lowest BCUT2D eigenvalue weighted by Gasteiger charge is -2.42. The van der Waals surface area contributed by atoms with E-state index in [1.165, 1.54) is 31.1 Å². The second-order valence-corrected chi connectivity index (χ2v) is 14.1. The number of alkyl carbamates (subject to hydrolysis) is 1. The van der Waals surface area contributed by atoms with E-state index in [2.05, 4.69) is 21.2 Å². The van der Waals surface area contributed by atoms with E-state index in [1.54, 1.807) is 59.0 Å². The summed E-state index contributed by atoms with van der Waals surface area (Å²) in [4.78, 5) is 55.4. The molecule has 3 amide bonds. The highest BCUT2D eigenvalue weighted by Gasteiger charge is 2.64. The first kappa shape index (κ1) is 39.6. The number of nitrogens with one attached hydrogen (secondary N) is 1. The average Bonchev–Trinajstić information content (AvgIpc) is 3.79. The van der Waals surface area contributed by atoms with E-state index in [0.29, 0.717) is 23.2 Å². The number of methoxy groups -OCH3 is 2. The van der Waals surface area contributed by atoms with Gasteiger partial charge in [0.25, 0.3) is 0 Å². The summed E-state index contributed by atoms with van der Waals surface area (Å²) in [5, 5.41) is 15.0. The Morgan fingerprint density at radius 3 is 2.60 bits per heavy atom. The number of alkyl halides is 1. The molecule has 0 aliphatic carbocycles. The molecule has 3 aliphatic heterocycles. The monoisotopic (exact) mass is 783 g/mol. The molecule has 3 aliphatic rings. The number of anilines is 1. The molecule has 8 atom stereocenters. The maximum atomic E-state index is 14.1. The van der Waals surface area contributed by atoms with Crippen molar-refractivity contribution >= 4 is 57.1 Å². The van der Waals surface area contributed by atoms with Gasteiger partial charge in [-0.05, 0) is 38.0 Å². The Hall–Kier alpha value is -3.17. The lowest BCUT2D eigenvalue weighted by molar-refractivity contribution is -0.162. The number of aliphatic hydroxyl groups is 1. The quantitative estimate of drug-likeness (QED) is 0.232. The van der Waals surface area contributed by atoms with Gasteiger partial charge in [0.1, 0.15) is 40.7 Å². The highest BCUT2D eigenvalue weighted by atomic mass is 79.9. The van der Waals surface area contributed by atoms with Crippen molar-refractivity contribution in [2.24, 2.45) is 5.92 Å². The van der Waals surface area contributed by atoms with Crippen molar-refractivity contribution in [1.82, 2.24) is 10.2 Å². The van der Waals surface area contributed by atoms with E-state index in [-0.39, 0.29) is 30.2 Å². The first-order chi connectivity index (χ1) is 23.5. The molecule has 2 N–H and O–H groups in total. The van der Waals surface area contributed by atoms with Crippen molar-refractivity contribution in [2.75, 3.05) is 38.5 Å². The number of rotatable bonds is 7. The van der Waals surface area contributed by atoms with Crippen LogP contribution >= 0.6 is 27.5 Å². The SMILES string of the molecule is CCC(=O)N(C)C(C)C(=O)OC1CC(=O)N(C)c2cc(cc(OC)c2Cl)C/C(CBr)=C\C=C\C(OC)C2(O)CC(OC(=O)N2)C(C)C2OC12C. The Bertz CT molecular complexity index is 1540. The number of ether oxygens (including phenoxy) is 5. The number of esters is 1. The Balaban J connectivity index is 1.81. The number of nitrogens with zero attached hydrogens (tertiary/aromatic N) is 2. The van der Waals surface area contributed by atoms with Crippen LogP contribution in [0.4, 0.5) is 10.5 Å². The summed E-state index contributed by atoms with van der Waals surface area (Å²) in [6, 6.07) is 2.63. The molecule has 1 aromatic rings. The van der Waals surface area contributed by atoms with Crippen LogP contribution in [0.1, 0.15) is 52.5 Å². The topological polar surface area (TPSA) is 156 Å². The first-order valence-corrected chi connectivity index (χ1v) is 18.0. The van der Waals surface area contributed by atoms with Crippen LogP contribution in [-0.4, -0.2) is 109 Å². The summed E-state index contributed by atoms with van der Waals surface area (Å²) in [7, 11) is 6.00. The minimum Gasteiger partial charge on any atom is -0.495 e. The molecule has 15 heteroatoms. The Morgan fingerprint density at radius 2 is 1.98 bits per heavy atom. The zero-order chi connectivity index (χ0) is 37.1. The number of hydrogen-bond donors (Lipinski definition) is 2. The Labute approximate surface area is 306 Å². The van der Waals surface area contributed by atoms with Crippen molar-refractivity contribution in [3.8, 4) is 5.75 Å². The largest absolute Gasteiger partial charge is 0.495 e. The van der Waals surface area contributed by atoms with Crippen molar-refractivity contribution in [3.05, 3.63) is 46.5 Å². The van der Waals surface area contributed by atoms with Crippen molar-refractivity contribution in [3.63, 3.8) is 0 Å². The highest BCUT2D eigenvalue weighted by molar-refractivity contribution is 9.09. The maximum Gasteiger partial charge on any atom is 0.409 e. The molecule has 0 saturated carbocycles. The zero-order valence-corrected chi connectivity index (χ0v) is 32.0. The molecular weight excluding hydrogens is 738 g/mol. The summed E-state index contributed by atoms with van der Waals surface area (Å²) in [5.41, 5.74) is -0.905. The third-order valence-electron chi connectivity index (χ3n) is 9.90. The van der Waals surface area contributed by atoms with Crippen LogP contribution in [0.3, 0.4) is 0 Å². The van der Waals surface area contributed by atoms with Crippen molar-refractivity contribution in [2.45, 2.75) is 95.2 Å². The minimum absolute atomic E-state index is 0.0507. The maximum absolute atomic E-state index is 14.1. The van der Waals surface area contributed by atoms with E-state index in [0.717, 1.165) is 11.1 Å². The molecule has 2 saturated heterocycles. The number of epoxide rings is 1. The van der Waals surface area contributed by atoms with Gasteiger partial charge in [-0.2, -0.15) is 0 Å². The normalized spacial score (nSPS) is 32.3. The van der Waals surface area contributed by atoms with Gasteiger partial charge in [0.2, 0.25) is 11.8 Å². The highest BCUT2D eigenvalue weighted by Crippen LogP contribution is 2.49. The predicted octanol–water partition coefficient (Wildman–Crippen LogP) is 4.30. The molecule has 4 rings (SSSR count). The molecule has 2 fully saturated rings. The smallest absolute Gasteiger partial charge is 0.409 e.